The van der Waals surface area contributed by atoms with E-state index in [9.17, 15) is 13.2 Å². The van der Waals surface area contributed by atoms with Gasteiger partial charge >= 0.3 is 5.97 Å². The number of carbonyl (C=O) groups is 1. The maximum absolute atomic E-state index is 12.5. The molecule has 0 spiro atoms. The van der Waals surface area contributed by atoms with Crippen LogP contribution in [0.5, 0.6) is 0 Å². The molecule has 0 unspecified atom stereocenters. The van der Waals surface area contributed by atoms with Crippen LogP contribution in [-0.2, 0) is 10.0 Å². The molecule has 0 atom stereocenters. The molecule has 0 saturated carbocycles. The number of sulfonamides is 1. The van der Waals surface area contributed by atoms with Gasteiger partial charge in [-0.05, 0) is 48.5 Å². The van der Waals surface area contributed by atoms with Crippen LogP contribution in [0.1, 0.15) is 10.4 Å². The molecule has 0 aliphatic carbocycles. The zero-order chi connectivity index (χ0) is 22.6. The van der Waals surface area contributed by atoms with Gasteiger partial charge in [-0.1, -0.05) is 30.3 Å². The summed E-state index contributed by atoms with van der Waals surface area (Å²) in [6.45, 7) is 0. The van der Waals surface area contributed by atoms with Gasteiger partial charge in [-0.25, -0.2) is 23.2 Å². The fraction of sp³-hybridized carbons (Fsp3) is 0. The molecule has 32 heavy (non-hydrogen) atoms. The van der Waals surface area contributed by atoms with Crippen LogP contribution in [0.2, 0.25) is 0 Å². The van der Waals surface area contributed by atoms with Crippen LogP contribution >= 0.6 is 0 Å². The summed E-state index contributed by atoms with van der Waals surface area (Å²) in [5, 5.41) is 12.1. The second-order valence-corrected chi connectivity index (χ2v) is 8.47. The summed E-state index contributed by atoms with van der Waals surface area (Å²) < 4.78 is 27.6. The number of nitrogens with zero attached hydrogens (tertiary/aromatic N) is 2. The van der Waals surface area contributed by atoms with Gasteiger partial charge < -0.3 is 10.4 Å². The maximum atomic E-state index is 12.5. The van der Waals surface area contributed by atoms with Crippen LogP contribution in [-0.4, -0.2) is 29.5 Å². The van der Waals surface area contributed by atoms with Crippen molar-refractivity contribution in [2.45, 2.75) is 4.90 Å². The molecule has 8 nitrogen and oxygen atoms in total. The largest absolute Gasteiger partial charge is 0.478 e. The Bertz CT molecular complexity index is 1340. The van der Waals surface area contributed by atoms with E-state index in [0.717, 1.165) is 16.9 Å². The fourth-order valence-corrected chi connectivity index (χ4v) is 4.01. The number of aromatic nitrogens is 2. The third-order valence-corrected chi connectivity index (χ3v) is 5.95. The first kappa shape index (κ1) is 21.0. The van der Waals surface area contributed by atoms with E-state index in [0.29, 0.717) is 11.5 Å². The van der Waals surface area contributed by atoms with Crippen molar-refractivity contribution < 1.29 is 18.3 Å². The number of carboxylic acid groups (broad SMARTS) is 1. The summed E-state index contributed by atoms with van der Waals surface area (Å²) >= 11 is 0. The number of rotatable bonds is 7. The number of benzene rings is 3. The Kier molecular flexibility index (Phi) is 5.82. The molecule has 0 bridgehead atoms. The molecule has 0 aliphatic heterocycles. The smallest absolute Gasteiger partial charge is 0.335 e. The number of aromatic carboxylic acids is 1. The molecule has 4 aromatic rings. The molecule has 0 radical (unpaired) electrons. The van der Waals surface area contributed by atoms with Gasteiger partial charge in [-0.2, -0.15) is 0 Å². The molecule has 0 aliphatic rings. The summed E-state index contributed by atoms with van der Waals surface area (Å²) in [7, 11) is -3.85. The van der Waals surface area contributed by atoms with Crippen LogP contribution in [0.15, 0.2) is 96.2 Å². The summed E-state index contributed by atoms with van der Waals surface area (Å²) in [6.07, 6.45) is 1.47. The number of nitrogens with one attached hydrogen (secondary N) is 2. The lowest BCUT2D eigenvalue weighted by Gasteiger charge is -2.10. The van der Waals surface area contributed by atoms with Crippen molar-refractivity contribution in [3.05, 3.63) is 96.8 Å². The van der Waals surface area contributed by atoms with Crippen molar-refractivity contribution in [2.24, 2.45) is 0 Å². The van der Waals surface area contributed by atoms with Crippen molar-refractivity contribution in [3.8, 4) is 11.3 Å². The van der Waals surface area contributed by atoms with Crippen molar-refractivity contribution in [1.82, 2.24) is 9.97 Å². The molecule has 3 N–H and O–H groups in total. The Balaban J connectivity index is 1.46. The lowest BCUT2D eigenvalue weighted by atomic mass is 10.1. The van der Waals surface area contributed by atoms with Crippen molar-refractivity contribution in [1.29, 1.82) is 0 Å². The molecule has 1 heterocycles. The highest BCUT2D eigenvalue weighted by molar-refractivity contribution is 7.92. The Hall–Kier alpha value is -4.24. The Morgan fingerprint density at radius 2 is 1.47 bits per heavy atom. The van der Waals surface area contributed by atoms with Crippen molar-refractivity contribution in [3.63, 3.8) is 0 Å². The van der Waals surface area contributed by atoms with E-state index in [4.69, 9.17) is 5.11 Å². The average Bonchev–Trinajstić information content (AvgIpc) is 2.81. The Morgan fingerprint density at radius 3 is 2.12 bits per heavy atom. The number of hydrogen-bond acceptors (Lipinski definition) is 6. The predicted octanol–water partition coefficient (Wildman–Crippen LogP) is 4.39. The molecule has 0 amide bonds. The molecule has 9 heteroatoms. The molecular formula is C23H18N4O4S. The maximum Gasteiger partial charge on any atom is 0.335 e. The number of carboxylic acids is 1. The number of hydrogen-bond donors (Lipinski definition) is 3. The molecule has 0 fully saturated rings. The van der Waals surface area contributed by atoms with Gasteiger partial charge in [0, 0.05) is 23.0 Å². The van der Waals surface area contributed by atoms with Crippen LogP contribution < -0.4 is 10.0 Å². The summed E-state index contributed by atoms with van der Waals surface area (Å²) in [5.41, 5.74) is 2.85. The first-order valence-corrected chi connectivity index (χ1v) is 11.0. The predicted molar refractivity (Wildman–Crippen MR) is 121 cm³/mol. The highest BCUT2D eigenvalue weighted by Gasteiger charge is 2.15. The Morgan fingerprint density at radius 1 is 0.812 bits per heavy atom. The summed E-state index contributed by atoms with van der Waals surface area (Å²) in [6, 6.07) is 23.2. The molecular weight excluding hydrogens is 428 g/mol. The lowest BCUT2D eigenvalue weighted by molar-refractivity contribution is 0.0696. The quantitative estimate of drug-likeness (QED) is 0.385. The molecule has 0 saturated heterocycles. The highest BCUT2D eigenvalue weighted by atomic mass is 32.2. The third kappa shape index (κ3) is 4.90. The van der Waals surface area contributed by atoms with Gasteiger partial charge in [0.1, 0.15) is 12.1 Å². The van der Waals surface area contributed by atoms with Gasteiger partial charge in [0.15, 0.2) is 0 Å². The van der Waals surface area contributed by atoms with Gasteiger partial charge in [0.25, 0.3) is 10.0 Å². The van der Waals surface area contributed by atoms with Crippen LogP contribution in [0.25, 0.3) is 11.3 Å². The topological polar surface area (TPSA) is 121 Å². The zero-order valence-corrected chi connectivity index (χ0v) is 17.5. The first-order chi connectivity index (χ1) is 15.4. The first-order valence-electron chi connectivity index (χ1n) is 9.51. The standard InChI is InChI=1S/C23H18N4O4S/c28-23(29)17-6-12-20(13-7-17)32(30,31)27-19-10-8-18(9-11-19)26-22-14-21(24-15-25-22)16-4-2-1-3-5-16/h1-15,27H,(H,28,29)(H,24,25,26). The van der Waals surface area contributed by atoms with Crippen LogP contribution in [0.3, 0.4) is 0 Å². The van der Waals surface area contributed by atoms with E-state index in [2.05, 4.69) is 20.0 Å². The van der Waals surface area contributed by atoms with E-state index < -0.39 is 16.0 Å². The van der Waals surface area contributed by atoms with Gasteiger partial charge in [0.2, 0.25) is 0 Å². The second kappa shape index (κ2) is 8.86. The lowest BCUT2D eigenvalue weighted by Crippen LogP contribution is -2.13. The van der Waals surface area contributed by atoms with Gasteiger partial charge in [-0.15, -0.1) is 0 Å². The minimum absolute atomic E-state index is 0.0134. The monoisotopic (exact) mass is 446 g/mol. The van der Waals surface area contributed by atoms with Crippen LogP contribution in [0.4, 0.5) is 17.2 Å². The van der Waals surface area contributed by atoms with E-state index in [1.807, 2.05) is 36.4 Å². The van der Waals surface area contributed by atoms with Crippen LogP contribution in [0, 0.1) is 0 Å². The summed E-state index contributed by atoms with van der Waals surface area (Å²) in [4.78, 5) is 19.4. The Labute approximate surface area is 184 Å². The normalized spacial score (nSPS) is 11.0. The van der Waals surface area contributed by atoms with Gasteiger partial charge in [-0.3, -0.25) is 4.72 Å². The van der Waals surface area contributed by atoms with Gasteiger partial charge in [0.05, 0.1) is 16.2 Å². The molecule has 4 rings (SSSR count). The van der Waals surface area contributed by atoms with Crippen molar-refractivity contribution in [2.75, 3.05) is 10.0 Å². The SMILES string of the molecule is O=C(O)c1ccc(S(=O)(=O)Nc2ccc(Nc3cc(-c4ccccc4)ncn3)cc2)cc1. The molecule has 160 valence electrons. The van der Waals surface area contributed by atoms with E-state index in [-0.39, 0.29) is 10.5 Å². The van der Waals surface area contributed by atoms with E-state index >= 15 is 0 Å². The number of anilines is 3. The van der Waals surface area contributed by atoms with E-state index in [1.54, 1.807) is 24.3 Å². The van der Waals surface area contributed by atoms with E-state index in [1.165, 1.54) is 30.6 Å². The fourth-order valence-electron chi connectivity index (χ4n) is 2.95. The minimum Gasteiger partial charge on any atom is -0.478 e. The summed E-state index contributed by atoms with van der Waals surface area (Å²) in [5.74, 6) is -0.518. The zero-order valence-electron chi connectivity index (χ0n) is 16.6. The average molecular weight is 446 g/mol. The minimum atomic E-state index is -3.85. The third-order valence-electron chi connectivity index (χ3n) is 4.56. The second-order valence-electron chi connectivity index (χ2n) is 6.79. The highest BCUT2D eigenvalue weighted by Crippen LogP contribution is 2.23. The van der Waals surface area contributed by atoms with Crippen molar-refractivity contribution >= 4 is 33.2 Å². The molecule has 3 aromatic carbocycles. The molecule has 1 aromatic heterocycles.